The minimum absolute atomic E-state index is 0.137. The van der Waals surface area contributed by atoms with Gasteiger partial charge in [0.2, 0.25) is 0 Å². The zero-order chi connectivity index (χ0) is 17.5. The van der Waals surface area contributed by atoms with E-state index in [0.717, 1.165) is 25.2 Å². The van der Waals surface area contributed by atoms with Crippen LogP contribution in [0.25, 0.3) is 0 Å². The van der Waals surface area contributed by atoms with Gasteiger partial charge < -0.3 is 10.1 Å². The molecule has 1 atom stereocenters. The van der Waals surface area contributed by atoms with Gasteiger partial charge >= 0.3 is 5.97 Å². The fourth-order valence-electron chi connectivity index (χ4n) is 3.52. The summed E-state index contributed by atoms with van der Waals surface area (Å²) in [5.74, 6) is -0.137. The molecule has 1 fully saturated rings. The molecule has 0 aromatic heterocycles. The quantitative estimate of drug-likeness (QED) is 0.822. The third kappa shape index (κ3) is 4.09. The normalized spacial score (nSPS) is 21.0. The van der Waals surface area contributed by atoms with Crippen LogP contribution in [0.5, 0.6) is 0 Å². The molecular weight excluding hydrogens is 312 g/mol. The first-order valence-electron chi connectivity index (χ1n) is 8.95. The van der Waals surface area contributed by atoms with Gasteiger partial charge in [0.05, 0.1) is 6.61 Å². The lowest BCUT2D eigenvalue weighted by Crippen LogP contribution is -2.66. The maximum absolute atomic E-state index is 13.0. The Morgan fingerprint density at radius 3 is 2.36 bits per heavy atom. The van der Waals surface area contributed by atoms with Crippen LogP contribution in [0, 0.1) is 0 Å². The summed E-state index contributed by atoms with van der Waals surface area (Å²) < 4.78 is 5.50. The predicted molar refractivity (Wildman–Crippen MR) is 99.2 cm³/mol. The second kappa shape index (κ2) is 8.28. The van der Waals surface area contributed by atoms with Crippen molar-refractivity contribution in [2.75, 3.05) is 26.2 Å². The molecule has 1 aliphatic heterocycles. The van der Waals surface area contributed by atoms with E-state index in [1.807, 2.05) is 43.3 Å². The molecule has 1 N–H and O–H groups in total. The van der Waals surface area contributed by atoms with E-state index in [2.05, 4.69) is 34.5 Å². The molecule has 3 rings (SSSR count). The molecule has 0 radical (unpaired) electrons. The average molecular weight is 338 g/mol. The monoisotopic (exact) mass is 338 g/mol. The van der Waals surface area contributed by atoms with E-state index in [9.17, 15) is 4.79 Å². The Labute approximate surface area is 149 Å². The molecule has 25 heavy (non-hydrogen) atoms. The third-order valence-electron chi connectivity index (χ3n) is 4.79. The molecule has 4 nitrogen and oxygen atoms in total. The SMILES string of the molecule is CCOC(=O)C1(Cc2ccccc2)CNCCN1Cc1ccccc1. The number of esters is 1. The smallest absolute Gasteiger partial charge is 0.328 e. The van der Waals surface area contributed by atoms with E-state index in [-0.39, 0.29) is 5.97 Å². The fraction of sp³-hybridized carbons (Fsp3) is 0.381. The van der Waals surface area contributed by atoms with Gasteiger partial charge in [-0.05, 0) is 18.1 Å². The maximum atomic E-state index is 13.0. The molecule has 1 heterocycles. The summed E-state index contributed by atoms with van der Waals surface area (Å²) in [6.07, 6.45) is 0.645. The topological polar surface area (TPSA) is 41.6 Å². The van der Waals surface area contributed by atoms with Crippen LogP contribution in [0.2, 0.25) is 0 Å². The number of nitrogens with one attached hydrogen (secondary N) is 1. The molecule has 1 saturated heterocycles. The Hall–Kier alpha value is -2.17. The molecule has 2 aromatic carbocycles. The molecule has 0 saturated carbocycles. The minimum Gasteiger partial charge on any atom is -0.465 e. The Morgan fingerprint density at radius 1 is 1.08 bits per heavy atom. The molecule has 1 aliphatic rings. The van der Waals surface area contributed by atoms with Crippen molar-refractivity contribution in [1.82, 2.24) is 10.2 Å². The van der Waals surface area contributed by atoms with Gasteiger partial charge in [-0.25, -0.2) is 4.79 Å². The van der Waals surface area contributed by atoms with Crippen molar-refractivity contribution in [2.24, 2.45) is 0 Å². The highest BCUT2D eigenvalue weighted by Crippen LogP contribution is 2.27. The minimum atomic E-state index is -0.675. The molecule has 0 aliphatic carbocycles. The number of hydrogen-bond donors (Lipinski definition) is 1. The van der Waals surface area contributed by atoms with E-state index in [4.69, 9.17) is 4.74 Å². The Kier molecular flexibility index (Phi) is 5.84. The zero-order valence-electron chi connectivity index (χ0n) is 14.8. The van der Waals surface area contributed by atoms with Crippen molar-refractivity contribution < 1.29 is 9.53 Å². The highest BCUT2D eigenvalue weighted by atomic mass is 16.5. The number of hydrogen-bond acceptors (Lipinski definition) is 4. The van der Waals surface area contributed by atoms with Crippen LogP contribution < -0.4 is 5.32 Å². The number of piperazine rings is 1. The number of carbonyl (C=O) groups excluding carboxylic acids is 1. The van der Waals surface area contributed by atoms with Crippen molar-refractivity contribution in [3.8, 4) is 0 Å². The van der Waals surface area contributed by atoms with Gasteiger partial charge in [-0.3, -0.25) is 4.90 Å². The highest BCUT2D eigenvalue weighted by Gasteiger charge is 2.46. The summed E-state index contributed by atoms with van der Waals surface area (Å²) in [7, 11) is 0. The Morgan fingerprint density at radius 2 is 1.72 bits per heavy atom. The number of nitrogens with zero attached hydrogens (tertiary/aromatic N) is 1. The van der Waals surface area contributed by atoms with E-state index >= 15 is 0 Å². The van der Waals surface area contributed by atoms with Crippen LogP contribution in [0.1, 0.15) is 18.1 Å². The van der Waals surface area contributed by atoms with Crippen LogP contribution >= 0.6 is 0 Å². The lowest BCUT2D eigenvalue weighted by Gasteiger charge is -2.45. The van der Waals surface area contributed by atoms with Gasteiger partial charge in [0.15, 0.2) is 0 Å². The molecular formula is C21H26N2O2. The third-order valence-corrected chi connectivity index (χ3v) is 4.79. The van der Waals surface area contributed by atoms with Crippen molar-refractivity contribution in [3.63, 3.8) is 0 Å². The number of carbonyl (C=O) groups is 1. The van der Waals surface area contributed by atoms with Gasteiger partial charge in [-0.2, -0.15) is 0 Å². The van der Waals surface area contributed by atoms with Gasteiger partial charge in [0.1, 0.15) is 5.54 Å². The molecule has 0 spiro atoms. The zero-order valence-corrected chi connectivity index (χ0v) is 14.8. The van der Waals surface area contributed by atoms with Gasteiger partial charge in [-0.1, -0.05) is 60.7 Å². The standard InChI is InChI=1S/C21H26N2O2/c1-2-25-20(24)21(15-18-9-5-3-6-10-18)17-22-13-14-23(21)16-19-11-7-4-8-12-19/h3-12,22H,2,13-17H2,1H3. The second-order valence-electron chi connectivity index (χ2n) is 6.50. The number of benzene rings is 2. The summed E-state index contributed by atoms with van der Waals surface area (Å²) >= 11 is 0. The van der Waals surface area contributed by atoms with Crippen molar-refractivity contribution in [2.45, 2.75) is 25.4 Å². The lowest BCUT2D eigenvalue weighted by molar-refractivity contribution is -0.160. The number of ether oxygens (including phenoxy) is 1. The highest BCUT2D eigenvalue weighted by molar-refractivity contribution is 5.82. The largest absolute Gasteiger partial charge is 0.465 e. The van der Waals surface area contributed by atoms with Crippen molar-refractivity contribution in [3.05, 3.63) is 71.8 Å². The summed E-state index contributed by atoms with van der Waals surface area (Å²) in [6, 6.07) is 20.5. The molecule has 0 amide bonds. The molecule has 0 bridgehead atoms. The lowest BCUT2D eigenvalue weighted by atomic mass is 9.86. The van der Waals surface area contributed by atoms with Crippen molar-refractivity contribution in [1.29, 1.82) is 0 Å². The summed E-state index contributed by atoms with van der Waals surface area (Å²) in [4.78, 5) is 15.3. The van der Waals surface area contributed by atoms with Gasteiger partial charge in [0, 0.05) is 32.6 Å². The molecule has 1 unspecified atom stereocenters. The van der Waals surface area contributed by atoms with E-state index < -0.39 is 5.54 Å². The predicted octanol–water partition coefficient (Wildman–Crippen LogP) is 2.64. The fourth-order valence-corrected chi connectivity index (χ4v) is 3.52. The van der Waals surface area contributed by atoms with E-state index in [1.54, 1.807) is 0 Å². The molecule has 2 aromatic rings. The van der Waals surface area contributed by atoms with Crippen LogP contribution in [-0.2, 0) is 22.5 Å². The first-order chi connectivity index (χ1) is 12.2. The average Bonchev–Trinajstić information content (AvgIpc) is 2.65. The molecule has 132 valence electrons. The second-order valence-corrected chi connectivity index (χ2v) is 6.50. The number of rotatable bonds is 6. The Balaban J connectivity index is 1.92. The molecule has 4 heteroatoms. The summed E-state index contributed by atoms with van der Waals surface area (Å²) in [6.45, 7) is 5.31. The van der Waals surface area contributed by atoms with E-state index in [0.29, 0.717) is 19.6 Å². The van der Waals surface area contributed by atoms with Crippen LogP contribution in [0.4, 0.5) is 0 Å². The van der Waals surface area contributed by atoms with Crippen LogP contribution in [-0.4, -0.2) is 42.6 Å². The first kappa shape index (κ1) is 17.6. The van der Waals surface area contributed by atoms with Crippen LogP contribution in [0.3, 0.4) is 0 Å². The van der Waals surface area contributed by atoms with Crippen molar-refractivity contribution >= 4 is 5.97 Å². The summed E-state index contributed by atoms with van der Waals surface area (Å²) in [5.41, 5.74) is 1.69. The van der Waals surface area contributed by atoms with Gasteiger partial charge in [0.25, 0.3) is 0 Å². The first-order valence-corrected chi connectivity index (χ1v) is 8.95. The van der Waals surface area contributed by atoms with Gasteiger partial charge in [-0.15, -0.1) is 0 Å². The Bertz CT molecular complexity index is 675. The summed E-state index contributed by atoms with van der Waals surface area (Å²) in [5, 5.41) is 3.41. The van der Waals surface area contributed by atoms with Crippen LogP contribution in [0.15, 0.2) is 60.7 Å². The maximum Gasteiger partial charge on any atom is 0.328 e. The van der Waals surface area contributed by atoms with E-state index in [1.165, 1.54) is 5.56 Å².